The second-order valence-electron chi connectivity index (χ2n) is 6.22. The van der Waals surface area contributed by atoms with Gasteiger partial charge in [0.05, 0.1) is 28.4 Å². The highest BCUT2D eigenvalue weighted by Crippen LogP contribution is 2.41. The van der Waals surface area contributed by atoms with Crippen molar-refractivity contribution >= 4 is 40.7 Å². The minimum absolute atomic E-state index is 0.0468. The van der Waals surface area contributed by atoms with E-state index in [4.69, 9.17) is 27.9 Å². The fourth-order valence-electron chi connectivity index (χ4n) is 3.24. The van der Waals surface area contributed by atoms with Crippen molar-refractivity contribution in [2.75, 3.05) is 13.7 Å². The lowest BCUT2D eigenvalue weighted by Crippen LogP contribution is -2.30. The fourth-order valence-corrected chi connectivity index (χ4v) is 3.89. The second kappa shape index (κ2) is 8.20. The van der Waals surface area contributed by atoms with E-state index in [-0.39, 0.29) is 32.7 Å². The van der Waals surface area contributed by atoms with Crippen molar-refractivity contribution < 1.29 is 19.4 Å². The summed E-state index contributed by atoms with van der Waals surface area (Å²) in [5.41, 5.74) is 0.656. The number of methoxy groups -OCH3 is 1. The first-order valence-corrected chi connectivity index (χ1v) is 9.39. The number of carbonyl (C=O) groups is 2. The lowest BCUT2D eigenvalue weighted by molar-refractivity contribution is -0.139. The third-order valence-corrected chi connectivity index (χ3v) is 5.01. The Labute approximate surface area is 172 Å². The van der Waals surface area contributed by atoms with Crippen LogP contribution in [-0.4, -0.2) is 40.3 Å². The SMILES string of the molecule is CCCN1C(=O)C(=O)/C(=C(/O)c2cc(Cl)c(OC)c(Cl)c2)C1c1ccccn1. The molecule has 0 radical (unpaired) electrons. The molecule has 3 rings (SSSR count). The number of carbonyl (C=O) groups excluding carboxylic acids is 2. The summed E-state index contributed by atoms with van der Waals surface area (Å²) in [7, 11) is 1.42. The van der Waals surface area contributed by atoms with Crippen molar-refractivity contribution in [3.05, 3.63) is 63.4 Å². The molecule has 1 aromatic carbocycles. The maximum Gasteiger partial charge on any atom is 0.295 e. The quantitative estimate of drug-likeness (QED) is 0.444. The van der Waals surface area contributed by atoms with Crippen LogP contribution >= 0.6 is 23.2 Å². The van der Waals surface area contributed by atoms with E-state index in [0.717, 1.165) is 0 Å². The number of aromatic nitrogens is 1. The molecule has 1 amide bonds. The monoisotopic (exact) mass is 420 g/mol. The fraction of sp³-hybridized carbons (Fsp3) is 0.250. The number of ether oxygens (including phenoxy) is 1. The van der Waals surface area contributed by atoms with Crippen LogP contribution in [0.25, 0.3) is 5.76 Å². The third-order valence-electron chi connectivity index (χ3n) is 4.45. The number of nitrogens with zero attached hydrogens (tertiary/aromatic N) is 2. The van der Waals surface area contributed by atoms with Crippen LogP contribution in [0.5, 0.6) is 5.75 Å². The van der Waals surface area contributed by atoms with Gasteiger partial charge < -0.3 is 14.7 Å². The molecule has 1 N–H and O–H groups in total. The molecular formula is C20H18Cl2N2O4. The van der Waals surface area contributed by atoms with E-state index < -0.39 is 17.7 Å². The van der Waals surface area contributed by atoms with Crippen molar-refractivity contribution in [2.45, 2.75) is 19.4 Å². The molecule has 1 atom stereocenters. The average molecular weight is 421 g/mol. The normalized spacial score (nSPS) is 18.6. The third kappa shape index (κ3) is 3.45. The van der Waals surface area contributed by atoms with E-state index in [9.17, 15) is 14.7 Å². The van der Waals surface area contributed by atoms with E-state index >= 15 is 0 Å². The van der Waals surface area contributed by atoms with Crippen LogP contribution in [0.15, 0.2) is 42.1 Å². The molecule has 1 saturated heterocycles. The highest BCUT2D eigenvalue weighted by atomic mass is 35.5. The number of hydrogen-bond acceptors (Lipinski definition) is 5. The van der Waals surface area contributed by atoms with Crippen molar-refractivity contribution in [2.24, 2.45) is 0 Å². The van der Waals surface area contributed by atoms with Gasteiger partial charge >= 0.3 is 0 Å². The Bertz CT molecular complexity index is 937. The standard InChI is InChI=1S/C20H18Cl2N2O4/c1-3-8-24-16(14-6-4-5-7-23-14)15(18(26)20(24)27)17(25)11-9-12(21)19(28-2)13(22)10-11/h4-7,9-10,16,25H,3,8H2,1-2H3/b17-15+. The zero-order chi connectivity index (χ0) is 20.4. The predicted octanol–water partition coefficient (Wildman–Crippen LogP) is 4.23. The van der Waals surface area contributed by atoms with Gasteiger partial charge in [-0.05, 0) is 30.7 Å². The molecule has 2 heterocycles. The van der Waals surface area contributed by atoms with Crippen molar-refractivity contribution in [1.82, 2.24) is 9.88 Å². The van der Waals surface area contributed by atoms with Crippen LogP contribution in [0, 0.1) is 0 Å². The Morgan fingerprint density at radius 2 is 1.93 bits per heavy atom. The van der Waals surface area contributed by atoms with Crippen molar-refractivity contribution in [3.8, 4) is 5.75 Å². The number of pyridine rings is 1. The number of Topliss-reactive ketones (excluding diaryl/α,β-unsaturated/α-hetero) is 1. The van der Waals surface area contributed by atoms with Gasteiger partial charge in [0.25, 0.3) is 11.7 Å². The number of likely N-dealkylation sites (tertiary alicyclic amines) is 1. The minimum atomic E-state index is -0.791. The molecule has 0 bridgehead atoms. The maximum absolute atomic E-state index is 12.8. The van der Waals surface area contributed by atoms with Crippen LogP contribution < -0.4 is 4.74 Å². The van der Waals surface area contributed by atoms with Gasteiger partial charge in [-0.1, -0.05) is 36.2 Å². The Hall–Kier alpha value is -2.57. The van der Waals surface area contributed by atoms with Gasteiger partial charge in [0, 0.05) is 18.3 Å². The lowest BCUT2D eigenvalue weighted by atomic mass is 9.98. The van der Waals surface area contributed by atoms with E-state index in [1.54, 1.807) is 24.4 Å². The van der Waals surface area contributed by atoms with E-state index in [2.05, 4.69) is 4.98 Å². The molecule has 1 aliphatic rings. The van der Waals surface area contributed by atoms with Gasteiger partial charge in [-0.2, -0.15) is 0 Å². The second-order valence-corrected chi connectivity index (χ2v) is 7.03. The summed E-state index contributed by atoms with van der Waals surface area (Å²) in [6, 6.07) is 7.28. The Balaban J connectivity index is 2.21. The van der Waals surface area contributed by atoms with Gasteiger partial charge in [0.2, 0.25) is 0 Å². The molecule has 1 aromatic heterocycles. The lowest BCUT2D eigenvalue weighted by Gasteiger charge is -2.23. The van der Waals surface area contributed by atoms with Crippen LogP contribution in [-0.2, 0) is 9.59 Å². The van der Waals surface area contributed by atoms with Gasteiger partial charge in [0.1, 0.15) is 11.8 Å². The summed E-state index contributed by atoms with van der Waals surface area (Å²) in [4.78, 5) is 31.1. The number of amides is 1. The van der Waals surface area contributed by atoms with Gasteiger partial charge in [-0.25, -0.2) is 0 Å². The first-order chi connectivity index (χ1) is 13.4. The topological polar surface area (TPSA) is 79.7 Å². The van der Waals surface area contributed by atoms with Crippen molar-refractivity contribution in [1.29, 1.82) is 0 Å². The zero-order valence-electron chi connectivity index (χ0n) is 15.3. The molecule has 1 unspecified atom stereocenters. The Morgan fingerprint density at radius 1 is 1.25 bits per heavy atom. The molecule has 1 aliphatic heterocycles. The number of hydrogen-bond donors (Lipinski definition) is 1. The Morgan fingerprint density at radius 3 is 2.46 bits per heavy atom. The number of aliphatic hydroxyl groups is 1. The minimum Gasteiger partial charge on any atom is -0.507 e. The van der Waals surface area contributed by atoms with Gasteiger partial charge in [0.15, 0.2) is 5.75 Å². The van der Waals surface area contributed by atoms with E-state index in [1.165, 1.54) is 24.1 Å². The number of halogens is 2. The molecular weight excluding hydrogens is 403 g/mol. The summed E-state index contributed by atoms with van der Waals surface area (Å²) >= 11 is 12.3. The molecule has 146 valence electrons. The summed E-state index contributed by atoms with van der Waals surface area (Å²) in [6.45, 7) is 2.25. The van der Waals surface area contributed by atoms with Crippen LogP contribution in [0.4, 0.5) is 0 Å². The molecule has 0 spiro atoms. The largest absolute Gasteiger partial charge is 0.507 e. The molecule has 1 fully saturated rings. The molecule has 2 aromatic rings. The zero-order valence-corrected chi connectivity index (χ0v) is 16.8. The van der Waals surface area contributed by atoms with Crippen LogP contribution in [0.2, 0.25) is 10.0 Å². The molecule has 28 heavy (non-hydrogen) atoms. The number of aliphatic hydroxyl groups excluding tert-OH is 1. The smallest absolute Gasteiger partial charge is 0.295 e. The molecule has 6 nitrogen and oxygen atoms in total. The van der Waals surface area contributed by atoms with Gasteiger partial charge in [-0.15, -0.1) is 0 Å². The first kappa shape index (κ1) is 20.2. The number of benzene rings is 1. The highest BCUT2D eigenvalue weighted by Gasteiger charge is 2.46. The summed E-state index contributed by atoms with van der Waals surface area (Å²) < 4.78 is 5.11. The predicted molar refractivity (Wildman–Crippen MR) is 107 cm³/mol. The highest BCUT2D eigenvalue weighted by molar-refractivity contribution is 6.46. The van der Waals surface area contributed by atoms with E-state index in [1.807, 2.05) is 6.92 Å². The summed E-state index contributed by atoms with van der Waals surface area (Å²) in [5.74, 6) is -1.55. The van der Waals surface area contributed by atoms with Crippen molar-refractivity contribution in [3.63, 3.8) is 0 Å². The molecule has 8 heteroatoms. The van der Waals surface area contributed by atoms with Crippen LogP contribution in [0.1, 0.15) is 30.6 Å². The number of ketones is 1. The molecule has 0 aliphatic carbocycles. The maximum atomic E-state index is 12.8. The van der Waals surface area contributed by atoms with Crippen LogP contribution in [0.3, 0.4) is 0 Å². The number of rotatable bonds is 5. The molecule has 0 saturated carbocycles. The van der Waals surface area contributed by atoms with Gasteiger partial charge in [-0.3, -0.25) is 14.6 Å². The summed E-state index contributed by atoms with van der Waals surface area (Å²) in [5, 5.41) is 11.3. The Kier molecular flexibility index (Phi) is 5.91. The van der Waals surface area contributed by atoms with E-state index in [0.29, 0.717) is 18.7 Å². The average Bonchev–Trinajstić information content (AvgIpc) is 2.93. The first-order valence-electron chi connectivity index (χ1n) is 8.63. The summed E-state index contributed by atoms with van der Waals surface area (Å²) in [6.07, 6.45) is 2.22.